The number of hydrogen-bond donors (Lipinski definition) is 3. The number of aromatic nitrogens is 3. The first-order valence-electron chi connectivity index (χ1n) is 7.58. The van der Waals surface area contributed by atoms with E-state index in [0.29, 0.717) is 0 Å². The molecular formula is C14H25N5O2. The van der Waals surface area contributed by atoms with E-state index in [1.807, 2.05) is 25.5 Å². The van der Waals surface area contributed by atoms with Gasteiger partial charge in [-0.05, 0) is 33.1 Å². The third kappa shape index (κ3) is 3.72. The minimum Gasteiger partial charge on any atom is -0.394 e. The van der Waals surface area contributed by atoms with Crippen molar-refractivity contribution in [1.82, 2.24) is 25.4 Å². The quantitative estimate of drug-likeness (QED) is 0.763. The van der Waals surface area contributed by atoms with Gasteiger partial charge in [0.25, 0.3) is 0 Å². The van der Waals surface area contributed by atoms with Gasteiger partial charge in [-0.3, -0.25) is 0 Å². The lowest BCUT2D eigenvalue weighted by Crippen LogP contribution is -2.53. The zero-order valence-electron chi connectivity index (χ0n) is 13.0. The molecule has 2 heterocycles. The summed E-state index contributed by atoms with van der Waals surface area (Å²) in [6.07, 6.45) is 3.45. The molecule has 2 amide bonds. The van der Waals surface area contributed by atoms with Gasteiger partial charge in [0.2, 0.25) is 0 Å². The number of fused-ring (bicyclic) bond motifs is 1. The summed E-state index contributed by atoms with van der Waals surface area (Å²) in [5.41, 5.74) is -0.586. The smallest absolute Gasteiger partial charge is 0.315 e. The Labute approximate surface area is 125 Å². The van der Waals surface area contributed by atoms with E-state index in [0.717, 1.165) is 43.9 Å². The van der Waals surface area contributed by atoms with Gasteiger partial charge in [-0.2, -0.15) is 5.10 Å². The highest BCUT2D eigenvalue weighted by Gasteiger charge is 2.28. The average molecular weight is 295 g/mol. The van der Waals surface area contributed by atoms with Gasteiger partial charge in [-0.1, -0.05) is 13.3 Å². The van der Waals surface area contributed by atoms with Crippen molar-refractivity contribution in [2.24, 2.45) is 0 Å². The zero-order chi connectivity index (χ0) is 15.5. The van der Waals surface area contributed by atoms with E-state index in [-0.39, 0.29) is 18.7 Å². The van der Waals surface area contributed by atoms with Crippen LogP contribution >= 0.6 is 0 Å². The van der Waals surface area contributed by atoms with Gasteiger partial charge in [-0.25, -0.2) is 14.5 Å². The molecule has 21 heavy (non-hydrogen) atoms. The average Bonchev–Trinajstić information content (AvgIpc) is 2.80. The molecule has 0 aliphatic carbocycles. The van der Waals surface area contributed by atoms with E-state index >= 15 is 0 Å². The molecule has 0 saturated carbocycles. The summed E-state index contributed by atoms with van der Waals surface area (Å²) in [6, 6.07) is -0.386. The van der Waals surface area contributed by atoms with Crippen LogP contribution in [-0.4, -0.2) is 38.0 Å². The highest BCUT2D eigenvalue weighted by atomic mass is 16.3. The fourth-order valence-corrected chi connectivity index (χ4v) is 2.81. The monoisotopic (exact) mass is 295 g/mol. The molecule has 0 fully saturated rings. The summed E-state index contributed by atoms with van der Waals surface area (Å²) in [5, 5.41) is 19.6. The summed E-state index contributed by atoms with van der Waals surface area (Å²) in [5.74, 6) is 1.54. The van der Waals surface area contributed by atoms with Crippen molar-refractivity contribution in [2.45, 2.75) is 64.6 Å². The lowest BCUT2D eigenvalue weighted by molar-refractivity contribution is 0.161. The van der Waals surface area contributed by atoms with Gasteiger partial charge < -0.3 is 15.7 Å². The molecule has 0 spiro atoms. The van der Waals surface area contributed by atoms with Gasteiger partial charge in [0, 0.05) is 6.54 Å². The third-order valence-electron chi connectivity index (χ3n) is 3.85. The Morgan fingerprint density at radius 2 is 2.33 bits per heavy atom. The Hall–Kier alpha value is -1.63. The maximum absolute atomic E-state index is 12.2. The lowest BCUT2D eigenvalue weighted by Gasteiger charge is -2.30. The van der Waals surface area contributed by atoms with Crippen molar-refractivity contribution >= 4 is 6.03 Å². The summed E-state index contributed by atoms with van der Waals surface area (Å²) >= 11 is 0. The molecule has 2 rings (SSSR count). The van der Waals surface area contributed by atoms with Crippen molar-refractivity contribution < 1.29 is 9.90 Å². The molecule has 1 aromatic heterocycles. The molecule has 3 N–H and O–H groups in total. The molecule has 0 bridgehead atoms. The number of aliphatic hydroxyl groups excluding tert-OH is 1. The molecule has 1 aromatic rings. The van der Waals surface area contributed by atoms with E-state index in [9.17, 15) is 9.90 Å². The molecular weight excluding hydrogens is 270 g/mol. The van der Waals surface area contributed by atoms with E-state index in [2.05, 4.69) is 20.7 Å². The second-order valence-corrected chi connectivity index (χ2v) is 6.00. The van der Waals surface area contributed by atoms with Crippen LogP contribution in [0.2, 0.25) is 0 Å². The van der Waals surface area contributed by atoms with Gasteiger partial charge in [0.1, 0.15) is 11.6 Å². The van der Waals surface area contributed by atoms with Gasteiger partial charge in [0.05, 0.1) is 18.2 Å². The number of aryl methyl sites for hydroxylation is 2. The van der Waals surface area contributed by atoms with Crippen LogP contribution in [0.4, 0.5) is 4.79 Å². The van der Waals surface area contributed by atoms with Crippen LogP contribution in [0.1, 0.15) is 57.2 Å². The highest BCUT2D eigenvalue weighted by Crippen LogP contribution is 2.23. The number of hydrogen-bond acceptors (Lipinski definition) is 4. The molecule has 2 unspecified atom stereocenters. The predicted molar refractivity (Wildman–Crippen MR) is 78.8 cm³/mol. The first-order chi connectivity index (χ1) is 9.97. The molecule has 0 saturated heterocycles. The Morgan fingerprint density at radius 1 is 1.57 bits per heavy atom. The Morgan fingerprint density at radius 3 is 3.00 bits per heavy atom. The Balaban J connectivity index is 2.00. The van der Waals surface area contributed by atoms with Crippen LogP contribution in [0, 0.1) is 6.92 Å². The van der Waals surface area contributed by atoms with Crippen LogP contribution < -0.4 is 10.6 Å². The van der Waals surface area contributed by atoms with Crippen LogP contribution in [0.25, 0.3) is 0 Å². The molecule has 2 atom stereocenters. The van der Waals surface area contributed by atoms with Crippen molar-refractivity contribution in [3.63, 3.8) is 0 Å². The first kappa shape index (κ1) is 15.8. The van der Waals surface area contributed by atoms with Gasteiger partial charge in [0.15, 0.2) is 0 Å². The molecule has 7 heteroatoms. The van der Waals surface area contributed by atoms with Crippen molar-refractivity contribution in [3.05, 3.63) is 11.6 Å². The maximum atomic E-state index is 12.2. The lowest BCUT2D eigenvalue weighted by atomic mass is 9.97. The number of carbonyl (C=O) groups is 1. The second-order valence-electron chi connectivity index (χ2n) is 6.00. The Bertz CT molecular complexity index is 502. The minimum atomic E-state index is -0.586. The number of amides is 2. The highest BCUT2D eigenvalue weighted by molar-refractivity contribution is 5.75. The Kier molecular flexibility index (Phi) is 4.82. The maximum Gasteiger partial charge on any atom is 0.315 e. The van der Waals surface area contributed by atoms with Crippen molar-refractivity contribution in [2.75, 3.05) is 6.61 Å². The number of urea groups is 1. The van der Waals surface area contributed by atoms with E-state index in [1.165, 1.54) is 0 Å². The topological polar surface area (TPSA) is 92.1 Å². The first-order valence-corrected chi connectivity index (χ1v) is 7.58. The fourth-order valence-electron chi connectivity index (χ4n) is 2.81. The number of aliphatic hydroxyl groups is 1. The zero-order valence-corrected chi connectivity index (χ0v) is 13.0. The second kappa shape index (κ2) is 6.43. The van der Waals surface area contributed by atoms with E-state index in [1.54, 1.807) is 0 Å². The largest absolute Gasteiger partial charge is 0.394 e. The van der Waals surface area contributed by atoms with Crippen molar-refractivity contribution in [3.8, 4) is 0 Å². The van der Waals surface area contributed by atoms with Gasteiger partial charge >= 0.3 is 6.03 Å². The SMILES string of the molecule is CCCC(C)(CO)NC(=O)NC1CCCn2nc(C)nc21. The summed E-state index contributed by atoms with van der Waals surface area (Å²) in [4.78, 5) is 16.6. The minimum absolute atomic E-state index is 0.0752. The van der Waals surface area contributed by atoms with Gasteiger partial charge in [-0.15, -0.1) is 0 Å². The van der Waals surface area contributed by atoms with Crippen LogP contribution in [0.3, 0.4) is 0 Å². The normalized spacial score (nSPS) is 20.5. The molecule has 1 aliphatic rings. The number of nitrogens with one attached hydrogen (secondary N) is 2. The third-order valence-corrected chi connectivity index (χ3v) is 3.85. The standard InChI is InChI=1S/C14H25N5O2/c1-4-7-14(3,9-20)17-13(21)16-11-6-5-8-19-12(11)15-10(2)18-19/h11,20H,4-9H2,1-3H3,(H2,16,17,21). The van der Waals surface area contributed by atoms with E-state index in [4.69, 9.17) is 0 Å². The molecule has 7 nitrogen and oxygen atoms in total. The summed E-state index contributed by atoms with van der Waals surface area (Å²) in [7, 11) is 0. The number of carbonyl (C=O) groups excluding carboxylic acids is 1. The van der Waals surface area contributed by atoms with E-state index < -0.39 is 5.54 Å². The molecule has 0 aromatic carbocycles. The molecule has 118 valence electrons. The van der Waals surface area contributed by atoms with Crippen LogP contribution in [0.15, 0.2) is 0 Å². The molecule has 1 aliphatic heterocycles. The summed E-state index contributed by atoms with van der Waals surface area (Å²) in [6.45, 7) is 6.50. The van der Waals surface area contributed by atoms with Crippen molar-refractivity contribution in [1.29, 1.82) is 0 Å². The number of rotatable bonds is 5. The fraction of sp³-hybridized carbons (Fsp3) is 0.786. The van der Waals surface area contributed by atoms with Crippen LogP contribution in [-0.2, 0) is 6.54 Å². The van der Waals surface area contributed by atoms with Crippen LogP contribution in [0.5, 0.6) is 0 Å². The number of nitrogens with zero attached hydrogens (tertiary/aromatic N) is 3. The predicted octanol–water partition coefficient (Wildman–Crippen LogP) is 1.27. The summed E-state index contributed by atoms with van der Waals surface area (Å²) < 4.78 is 1.86. The molecule has 0 radical (unpaired) electrons.